The minimum Gasteiger partial charge on any atom is -0.398 e. The van der Waals surface area contributed by atoms with Crippen molar-refractivity contribution in [2.45, 2.75) is 13.8 Å². The van der Waals surface area contributed by atoms with Crippen molar-refractivity contribution in [1.29, 1.82) is 0 Å². The molecule has 1 saturated heterocycles. The lowest BCUT2D eigenvalue weighted by atomic mass is 10.0. The van der Waals surface area contributed by atoms with Crippen molar-refractivity contribution in [3.8, 4) is 0 Å². The molecule has 4 nitrogen and oxygen atoms in total. The zero-order chi connectivity index (χ0) is 14.1. The molecule has 0 unspecified atom stereocenters. The molecule has 0 spiro atoms. The number of nitrogens with zero attached hydrogens (tertiary/aromatic N) is 3. The molecule has 2 heterocycles. The van der Waals surface area contributed by atoms with Crippen molar-refractivity contribution in [3.05, 3.63) is 30.0 Å². The third-order valence-corrected chi connectivity index (χ3v) is 4.27. The highest BCUT2D eigenvalue weighted by Crippen LogP contribution is 2.31. The maximum Gasteiger partial charge on any atom is 0.136 e. The van der Waals surface area contributed by atoms with E-state index in [-0.39, 0.29) is 0 Å². The van der Waals surface area contributed by atoms with Gasteiger partial charge in [-0.1, -0.05) is 13.0 Å². The number of nitrogens with two attached hydrogens (primary N) is 1. The summed E-state index contributed by atoms with van der Waals surface area (Å²) in [6.07, 6.45) is 1.87. The van der Waals surface area contributed by atoms with Gasteiger partial charge in [-0.3, -0.25) is 0 Å². The van der Waals surface area contributed by atoms with Crippen molar-refractivity contribution in [2.75, 3.05) is 43.4 Å². The summed E-state index contributed by atoms with van der Waals surface area (Å²) in [5, 5.41) is 2.32. The zero-order valence-corrected chi connectivity index (χ0v) is 12.3. The third-order valence-electron chi connectivity index (χ3n) is 4.27. The third kappa shape index (κ3) is 2.20. The molecule has 1 fully saturated rings. The van der Waals surface area contributed by atoms with Gasteiger partial charge in [0.15, 0.2) is 0 Å². The number of nitrogen functional groups attached to an aromatic ring is 1. The van der Waals surface area contributed by atoms with E-state index in [1.54, 1.807) is 0 Å². The Hall–Kier alpha value is -1.81. The van der Waals surface area contributed by atoms with E-state index in [1.807, 2.05) is 18.3 Å². The summed E-state index contributed by atoms with van der Waals surface area (Å²) >= 11 is 0. The normalized spacial score (nSPS) is 16.8. The van der Waals surface area contributed by atoms with Gasteiger partial charge in [-0.05, 0) is 31.2 Å². The van der Waals surface area contributed by atoms with E-state index < -0.39 is 0 Å². The number of hydrogen-bond donors (Lipinski definition) is 1. The minimum absolute atomic E-state index is 0.835. The van der Waals surface area contributed by atoms with E-state index in [0.717, 1.165) is 49.6 Å². The van der Waals surface area contributed by atoms with Crippen LogP contribution in [0, 0.1) is 6.92 Å². The fourth-order valence-electron chi connectivity index (χ4n) is 2.98. The lowest BCUT2D eigenvalue weighted by Crippen LogP contribution is -2.46. The van der Waals surface area contributed by atoms with Gasteiger partial charge >= 0.3 is 0 Å². The predicted molar refractivity (Wildman–Crippen MR) is 85.2 cm³/mol. The first-order valence-corrected chi connectivity index (χ1v) is 7.32. The average Bonchev–Trinajstić information content (AvgIpc) is 2.51. The van der Waals surface area contributed by atoms with Crippen LogP contribution in [0.3, 0.4) is 0 Å². The van der Waals surface area contributed by atoms with Gasteiger partial charge < -0.3 is 15.5 Å². The molecular formula is C16H22N4. The van der Waals surface area contributed by atoms with Gasteiger partial charge in [0.2, 0.25) is 0 Å². The van der Waals surface area contributed by atoms with Gasteiger partial charge in [0, 0.05) is 48.8 Å². The van der Waals surface area contributed by atoms with E-state index in [2.05, 4.69) is 34.7 Å². The van der Waals surface area contributed by atoms with Gasteiger partial charge in [0.25, 0.3) is 0 Å². The number of anilines is 2. The van der Waals surface area contributed by atoms with Gasteiger partial charge in [-0.15, -0.1) is 0 Å². The summed E-state index contributed by atoms with van der Waals surface area (Å²) in [5.74, 6) is 1.09. The maximum atomic E-state index is 6.11. The van der Waals surface area contributed by atoms with Crippen molar-refractivity contribution >= 4 is 22.3 Å². The van der Waals surface area contributed by atoms with Crippen LogP contribution in [0.4, 0.5) is 11.5 Å². The second-order valence-corrected chi connectivity index (χ2v) is 5.45. The molecule has 20 heavy (non-hydrogen) atoms. The van der Waals surface area contributed by atoms with Crippen molar-refractivity contribution < 1.29 is 0 Å². The van der Waals surface area contributed by atoms with Crippen LogP contribution in [0.2, 0.25) is 0 Å². The van der Waals surface area contributed by atoms with Gasteiger partial charge in [0.05, 0.1) is 0 Å². The molecule has 2 N–H and O–H groups in total. The zero-order valence-electron chi connectivity index (χ0n) is 12.3. The first-order chi connectivity index (χ1) is 9.70. The summed E-state index contributed by atoms with van der Waals surface area (Å²) in [6, 6.07) is 6.09. The molecule has 0 radical (unpaired) electrons. The van der Waals surface area contributed by atoms with Crippen LogP contribution in [-0.4, -0.2) is 42.6 Å². The molecule has 106 valence electrons. The summed E-state index contributed by atoms with van der Waals surface area (Å²) in [7, 11) is 0. The lowest BCUT2D eigenvalue weighted by Gasteiger charge is -2.35. The van der Waals surface area contributed by atoms with Crippen LogP contribution in [0.1, 0.15) is 12.5 Å². The number of hydrogen-bond acceptors (Lipinski definition) is 4. The first-order valence-electron chi connectivity index (χ1n) is 7.32. The molecule has 3 rings (SSSR count). The van der Waals surface area contributed by atoms with Crippen LogP contribution < -0.4 is 10.6 Å². The summed E-state index contributed by atoms with van der Waals surface area (Å²) in [4.78, 5) is 9.50. The van der Waals surface area contributed by atoms with Crippen LogP contribution in [0.15, 0.2) is 24.4 Å². The molecule has 1 aliphatic rings. The Bertz CT molecular complexity index is 615. The number of pyridine rings is 1. The number of likely N-dealkylation sites (N-methyl/N-ethyl adjacent to an activating group) is 1. The minimum atomic E-state index is 0.835. The van der Waals surface area contributed by atoms with Crippen LogP contribution in [0.25, 0.3) is 10.8 Å². The summed E-state index contributed by atoms with van der Waals surface area (Å²) in [6.45, 7) is 9.77. The Morgan fingerprint density at radius 1 is 1.15 bits per heavy atom. The number of piperazine rings is 1. The fraction of sp³-hybridized carbons (Fsp3) is 0.438. The predicted octanol–water partition coefficient (Wildman–Crippen LogP) is 2.27. The van der Waals surface area contributed by atoms with E-state index in [9.17, 15) is 0 Å². The Morgan fingerprint density at radius 2 is 1.90 bits per heavy atom. The Morgan fingerprint density at radius 3 is 2.60 bits per heavy atom. The molecule has 1 aromatic carbocycles. The lowest BCUT2D eigenvalue weighted by molar-refractivity contribution is 0.271. The Balaban J connectivity index is 2.02. The fourth-order valence-corrected chi connectivity index (χ4v) is 2.98. The molecule has 1 aliphatic heterocycles. The second kappa shape index (κ2) is 5.29. The highest BCUT2D eigenvalue weighted by molar-refractivity contribution is 6.01. The molecular weight excluding hydrogens is 248 g/mol. The number of aromatic nitrogens is 1. The van der Waals surface area contributed by atoms with Gasteiger partial charge in [0.1, 0.15) is 5.82 Å². The standard InChI is InChI=1S/C16H22N4/c1-3-19-8-10-20(11-9-19)16-15-12(2)4-5-14(17)13(15)6-7-18-16/h4-7H,3,8-11,17H2,1-2H3. The average molecular weight is 270 g/mol. The Labute approximate surface area is 120 Å². The van der Waals surface area contributed by atoms with E-state index in [0.29, 0.717) is 0 Å². The van der Waals surface area contributed by atoms with Gasteiger partial charge in [-0.25, -0.2) is 4.98 Å². The van der Waals surface area contributed by atoms with E-state index in [4.69, 9.17) is 5.73 Å². The van der Waals surface area contributed by atoms with Crippen LogP contribution in [0.5, 0.6) is 0 Å². The Kier molecular flexibility index (Phi) is 3.49. The monoisotopic (exact) mass is 270 g/mol. The smallest absolute Gasteiger partial charge is 0.136 e. The van der Waals surface area contributed by atoms with E-state index >= 15 is 0 Å². The molecule has 0 aliphatic carbocycles. The molecule has 2 aromatic rings. The molecule has 4 heteroatoms. The largest absolute Gasteiger partial charge is 0.398 e. The van der Waals surface area contributed by atoms with Crippen LogP contribution >= 0.6 is 0 Å². The van der Waals surface area contributed by atoms with Crippen LogP contribution in [-0.2, 0) is 0 Å². The quantitative estimate of drug-likeness (QED) is 0.850. The SMILES string of the molecule is CCN1CCN(c2nccc3c(N)ccc(C)c23)CC1. The molecule has 0 bridgehead atoms. The van der Waals surface area contributed by atoms with Crippen molar-refractivity contribution in [2.24, 2.45) is 0 Å². The number of rotatable bonds is 2. The number of fused-ring (bicyclic) bond motifs is 1. The number of benzene rings is 1. The van der Waals surface area contributed by atoms with Crippen molar-refractivity contribution in [3.63, 3.8) is 0 Å². The second-order valence-electron chi connectivity index (χ2n) is 5.45. The number of aryl methyl sites for hydroxylation is 1. The molecule has 0 amide bonds. The van der Waals surface area contributed by atoms with E-state index in [1.165, 1.54) is 10.9 Å². The topological polar surface area (TPSA) is 45.4 Å². The maximum absolute atomic E-state index is 6.11. The summed E-state index contributed by atoms with van der Waals surface area (Å²) < 4.78 is 0. The van der Waals surface area contributed by atoms with Crippen molar-refractivity contribution in [1.82, 2.24) is 9.88 Å². The molecule has 0 atom stereocenters. The highest BCUT2D eigenvalue weighted by atomic mass is 15.3. The summed E-state index contributed by atoms with van der Waals surface area (Å²) in [5.41, 5.74) is 8.19. The first kappa shape index (κ1) is 13.2. The molecule has 1 aromatic heterocycles. The molecule has 0 saturated carbocycles. The van der Waals surface area contributed by atoms with Gasteiger partial charge in [-0.2, -0.15) is 0 Å². The highest BCUT2D eigenvalue weighted by Gasteiger charge is 2.19.